The molecule has 3 aromatic rings. The Balaban J connectivity index is 1.63. The van der Waals surface area contributed by atoms with E-state index < -0.39 is 17.7 Å². The Labute approximate surface area is 203 Å². The third kappa shape index (κ3) is 4.33. The van der Waals surface area contributed by atoms with Gasteiger partial charge in [0, 0.05) is 12.1 Å². The highest BCUT2D eigenvalue weighted by atomic mass is 16.6. The Morgan fingerprint density at radius 1 is 0.971 bits per heavy atom. The van der Waals surface area contributed by atoms with Gasteiger partial charge in [-0.1, -0.05) is 42.5 Å². The number of benzene rings is 3. The zero-order chi connectivity index (χ0) is 24.4. The van der Waals surface area contributed by atoms with Crippen LogP contribution in [0.1, 0.15) is 29.7 Å². The largest absolute Gasteiger partial charge is 0.507 e. The molecule has 0 aromatic heterocycles. The van der Waals surface area contributed by atoms with Gasteiger partial charge in [-0.15, -0.1) is 0 Å². The number of ketones is 1. The number of rotatable bonds is 6. The fraction of sp³-hybridized carbons (Fsp3) is 0.214. The summed E-state index contributed by atoms with van der Waals surface area (Å²) in [7, 11) is 0. The molecule has 1 atom stereocenters. The van der Waals surface area contributed by atoms with Gasteiger partial charge in [-0.05, 0) is 48.4 Å². The lowest BCUT2D eigenvalue weighted by Gasteiger charge is -2.26. The van der Waals surface area contributed by atoms with Crippen LogP contribution in [0.2, 0.25) is 0 Å². The van der Waals surface area contributed by atoms with E-state index in [9.17, 15) is 14.7 Å². The standard InChI is InChI=1S/C28H25NO6/c1-2-33-21-10-6-9-19(15-21)25-24(26(30)20-11-12-22-23(16-20)35-14-13-34-22)27(31)28(32)29(25)17-18-7-4-3-5-8-18/h3-12,15-16,25,30H,2,13-14,17H2,1H3/b26-24-. The SMILES string of the molecule is CCOc1cccc(C2/C(=C(/O)c3ccc4c(c3)OCCO4)C(=O)C(=O)N2Cc2ccccc2)c1. The molecule has 2 aliphatic rings. The Bertz CT molecular complexity index is 1300. The van der Waals surface area contributed by atoms with Gasteiger partial charge in [0.1, 0.15) is 24.7 Å². The molecule has 0 spiro atoms. The summed E-state index contributed by atoms with van der Waals surface area (Å²) in [5, 5.41) is 11.4. The molecule has 1 saturated heterocycles. The number of hydrogen-bond donors (Lipinski definition) is 1. The summed E-state index contributed by atoms with van der Waals surface area (Å²) >= 11 is 0. The third-order valence-electron chi connectivity index (χ3n) is 6.04. The van der Waals surface area contributed by atoms with Crippen molar-refractivity contribution in [2.24, 2.45) is 0 Å². The Morgan fingerprint density at radius 2 is 1.74 bits per heavy atom. The summed E-state index contributed by atoms with van der Waals surface area (Å²) < 4.78 is 16.9. The van der Waals surface area contributed by atoms with Crippen LogP contribution in [-0.4, -0.2) is 41.5 Å². The van der Waals surface area contributed by atoms with Gasteiger partial charge in [0.05, 0.1) is 18.2 Å². The summed E-state index contributed by atoms with van der Waals surface area (Å²) in [5.74, 6) is 0.00391. The number of aliphatic hydroxyl groups is 1. The van der Waals surface area contributed by atoms with Gasteiger partial charge in [-0.3, -0.25) is 9.59 Å². The summed E-state index contributed by atoms with van der Waals surface area (Å²) in [6.07, 6.45) is 0. The monoisotopic (exact) mass is 471 g/mol. The van der Waals surface area contributed by atoms with Crippen molar-refractivity contribution in [1.29, 1.82) is 0 Å². The van der Waals surface area contributed by atoms with Crippen molar-refractivity contribution in [3.05, 3.63) is 95.1 Å². The second-order valence-electron chi connectivity index (χ2n) is 8.28. The van der Waals surface area contributed by atoms with E-state index in [1.54, 1.807) is 24.3 Å². The summed E-state index contributed by atoms with van der Waals surface area (Å²) in [4.78, 5) is 28.0. The van der Waals surface area contributed by atoms with Gasteiger partial charge >= 0.3 is 0 Å². The topological polar surface area (TPSA) is 85.3 Å². The summed E-state index contributed by atoms with van der Waals surface area (Å²) in [6.45, 7) is 3.41. The van der Waals surface area contributed by atoms with Gasteiger partial charge in [0.15, 0.2) is 11.5 Å². The van der Waals surface area contributed by atoms with E-state index in [1.165, 1.54) is 4.90 Å². The Hall–Kier alpha value is -4.26. The number of carbonyl (C=O) groups excluding carboxylic acids is 2. The molecule has 0 saturated carbocycles. The van der Waals surface area contributed by atoms with Crippen molar-refractivity contribution < 1.29 is 28.9 Å². The molecule has 35 heavy (non-hydrogen) atoms. The van der Waals surface area contributed by atoms with Crippen molar-refractivity contribution in [3.8, 4) is 17.2 Å². The molecule has 0 aliphatic carbocycles. The average Bonchev–Trinajstić information content (AvgIpc) is 3.14. The first-order valence-corrected chi connectivity index (χ1v) is 11.5. The number of Topliss-reactive ketones (excluding diaryl/α,β-unsaturated/α-hetero) is 1. The lowest BCUT2D eigenvalue weighted by molar-refractivity contribution is -0.140. The predicted molar refractivity (Wildman–Crippen MR) is 129 cm³/mol. The van der Waals surface area contributed by atoms with Crippen LogP contribution in [0.4, 0.5) is 0 Å². The average molecular weight is 472 g/mol. The van der Waals surface area contributed by atoms with Gasteiger partial charge in [0.2, 0.25) is 0 Å². The predicted octanol–water partition coefficient (Wildman–Crippen LogP) is 4.48. The number of likely N-dealkylation sites (tertiary alicyclic amines) is 1. The molecule has 0 radical (unpaired) electrons. The molecule has 7 nitrogen and oxygen atoms in total. The number of nitrogens with zero attached hydrogens (tertiary/aromatic N) is 1. The van der Waals surface area contributed by atoms with E-state index in [2.05, 4.69) is 0 Å². The van der Waals surface area contributed by atoms with Crippen LogP contribution in [0.25, 0.3) is 5.76 Å². The van der Waals surface area contributed by atoms with Crippen molar-refractivity contribution in [2.75, 3.05) is 19.8 Å². The maximum Gasteiger partial charge on any atom is 0.295 e. The van der Waals surface area contributed by atoms with E-state index in [1.807, 2.05) is 55.5 Å². The number of hydrogen-bond acceptors (Lipinski definition) is 6. The lowest BCUT2D eigenvalue weighted by Crippen LogP contribution is -2.29. The number of amides is 1. The molecule has 1 N–H and O–H groups in total. The van der Waals surface area contributed by atoms with Crippen molar-refractivity contribution in [1.82, 2.24) is 4.90 Å². The number of ether oxygens (including phenoxy) is 3. The quantitative estimate of drug-likeness (QED) is 0.324. The van der Waals surface area contributed by atoms with Crippen LogP contribution in [0.3, 0.4) is 0 Å². The first-order chi connectivity index (χ1) is 17.1. The number of fused-ring (bicyclic) bond motifs is 1. The van der Waals surface area contributed by atoms with Gasteiger partial charge in [-0.25, -0.2) is 0 Å². The van der Waals surface area contributed by atoms with E-state index in [4.69, 9.17) is 14.2 Å². The molecule has 2 heterocycles. The van der Waals surface area contributed by atoms with E-state index in [-0.39, 0.29) is 17.9 Å². The molecular weight excluding hydrogens is 446 g/mol. The maximum atomic E-state index is 13.3. The molecule has 0 bridgehead atoms. The number of aliphatic hydroxyl groups excluding tert-OH is 1. The summed E-state index contributed by atoms with van der Waals surface area (Å²) in [5.41, 5.74) is 1.94. The highest BCUT2D eigenvalue weighted by Crippen LogP contribution is 2.42. The summed E-state index contributed by atoms with van der Waals surface area (Å²) in [6, 6.07) is 20.9. The van der Waals surface area contributed by atoms with Crippen LogP contribution >= 0.6 is 0 Å². The first kappa shape index (κ1) is 22.5. The minimum absolute atomic E-state index is 0.0243. The van der Waals surface area contributed by atoms with E-state index in [0.717, 1.165) is 5.56 Å². The molecule has 2 aliphatic heterocycles. The maximum absolute atomic E-state index is 13.3. The Kier molecular flexibility index (Phi) is 6.14. The normalized spacial score (nSPS) is 18.5. The highest BCUT2D eigenvalue weighted by Gasteiger charge is 2.46. The van der Waals surface area contributed by atoms with Crippen molar-refractivity contribution >= 4 is 17.4 Å². The molecule has 1 unspecified atom stereocenters. The molecule has 7 heteroatoms. The second kappa shape index (κ2) is 9.54. The van der Waals surface area contributed by atoms with Crippen molar-refractivity contribution in [3.63, 3.8) is 0 Å². The molecule has 5 rings (SSSR count). The van der Waals surface area contributed by atoms with Gasteiger partial charge in [-0.2, -0.15) is 0 Å². The van der Waals surface area contributed by atoms with Crippen LogP contribution in [0.15, 0.2) is 78.4 Å². The Morgan fingerprint density at radius 3 is 2.51 bits per heavy atom. The van der Waals surface area contributed by atoms with Crippen molar-refractivity contribution in [2.45, 2.75) is 19.5 Å². The number of carbonyl (C=O) groups is 2. The third-order valence-corrected chi connectivity index (χ3v) is 6.04. The highest BCUT2D eigenvalue weighted by molar-refractivity contribution is 6.46. The molecule has 178 valence electrons. The molecule has 3 aromatic carbocycles. The van der Waals surface area contributed by atoms with E-state index in [0.29, 0.717) is 48.2 Å². The minimum Gasteiger partial charge on any atom is -0.507 e. The van der Waals surface area contributed by atoms with E-state index >= 15 is 0 Å². The van der Waals surface area contributed by atoms with Crippen LogP contribution in [0.5, 0.6) is 17.2 Å². The fourth-order valence-electron chi connectivity index (χ4n) is 4.46. The molecular formula is C28H25NO6. The molecule has 1 fully saturated rings. The van der Waals surface area contributed by atoms with Crippen LogP contribution in [0, 0.1) is 0 Å². The minimum atomic E-state index is -0.788. The van der Waals surface area contributed by atoms with Gasteiger partial charge in [0.25, 0.3) is 11.7 Å². The van der Waals surface area contributed by atoms with Crippen LogP contribution < -0.4 is 14.2 Å². The lowest BCUT2D eigenvalue weighted by atomic mass is 9.95. The fourth-order valence-corrected chi connectivity index (χ4v) is 4.46. The second-order valence-corrected chi connectivity index (χ2v) is 8.28. The zero-order valence-corrected chi connectivity index (χ0v) is 19.3. The first-order valence-electron chi connectivity index (χ1n) is 11.5. The smallest absolute Gasteiger partial charge is 0.295 e. The van der Waals surface area contributed by atoms with Crippen LogP contribution in [-0.2, 0) is 16.1 Å². The zero-order valence-electron chi connectivity index (χ0n) is 19.3. The molecule has 1 amide bonds. The van der Waals surface area contributed by atoms with Gasteiger partial charge < -0.3 is 24.2 Å².